The predicted molar refractivity (Wildman–Crippen MR) is 47.9 cm³/mol. The van der Waals surface area contributed by atoms with Gasteiger partial charge in [-0.3, -0.25) is 4.79 Å². The molecule has 0 aliphatic carbocycles. The van der Waals surface area contributed by atoms with Crippen molar-refractivity contribution in [1.82, 2.24) is 0 Å². The molecule has 5 heteroatoms. The summed E-state index contributed by atoms with van der Waals surface area (Å²) < 4.78 is 0. The molecule has 0 aromatic rings. The number of hydrogen-bond acceptors (Lipinski definition) is 3. The first-order chi connectivity index (χ1) is 6.41. The minimum Gasteiger partial charge on any atom is -0.478 e. The van der Waals surface area contributed by atoms with Gasteiger partial charge in [0.2, 0.25) is 0 Å². The quantitative estimate of drug-likeness (QED) is 0.506. The standard InChI is InChI=1S/C9H12O5/c1-3-4-6(5(2)8(11)12)7(10)9(13)14/h3-4H2,1-2H3,(H,11,12)(H,13,14). The van der Waals surface area contributed by atoms with Crippen LogP contribution in [0.25, 0.3) is 0 Å². The van der Waals surface area contributed by atoms with E-state index >= 15 is 0 Å². The van der Waals surface area contributed by atoms with Gasteiger partial charge in [0.1, 0.15) is 0 Å². The molecule has 0 spiro atoms. The van der Waals surface area contributed by atoms with Crippen molar-refractivity contribution in [1.29, 1.82) is 0 Å². The highest BCUT2D eigenvalue weighted by atomic mass is 16.4. The number of aliphatic carboxylic acids is 2. The van der Waals surface area contributed by atoms with Gasteiger partial charge in [-0.1, -0.05) is 13.3 Å². The third kappa shape index (κ3) is 3.01. The van der Waals surface area contributed by atoms with Gasteiger partial charge in [-0.15, -0.1) is 0 Å². The summed E-state index contributed by atoms with van der Waals surface area (Å²) in [5, 5.41) is 17.0. The minimum absolute atomic E-state index is 0.132. The Morgan fingerprint density at radius 2 is 1.57 bits per heavy atom. The Bertz CT molecular complexity index is 300. The Hall–Kier alpha value is -1.65. The maximum Gasteiger partial charge on any atom is 0.376 e. The molecule has 0 amide bonds. The Labute approximate surface area is 81.0 Å². The number of carboxylic acids is 2. The summed E-state index contributed by atoms with van der Waals surface area (Å²) in [5.74, 6) is -4.01. The Morgan fingerprint density at radius 1 is 1.07 bits per heavy atom. The molecular weight excluding hydrogens is 188 g/mol. The molecule has 0 radical (unpaired) electrons. The number of Topliss-reactive ketones (excluding diaryl/α,β-unsaturated/α-hetero) is 1. The van der Waals surface area contributed by atoms with Crippen molar-refractivity contribution in [3.05, 3.63) is 11.1 Å². The zero-order valence-corrected chi connectivity index (χ0v) is 8.03. The van der Waals surface area contributed by atoms with Gasteiger partial charge in [0.25, 0.3) is 5.78 Å². The van der Waals surface area contributed by atoms with Crippen LogP contribution in [0, 0.1) is 0 Å². The fourth-order valence-corrected chi connectivity index (χ4v) is 0.979. The van der Waals surface area contributed by atoms with E-state index in [1.807, 2.05) is 0 Å². The number of rotatable bonds is 5. The van der Waals surface area contributed by atoms with E-state index in [-0.39, 0.29) is 17.6 Å². The average molecular weight is 200 g/mol. The molecule has 0 fully saturated rings. The molecule has 0 atom stereocenters. The van der Waals surface area contributed by atoms with Crippen molar-refractivity contribution in [2.24, 2.45) is 0 Å². The van der Waals surface area contributed by atoms with Crippen molar-refractivity contribution in [3.63, 3.8) is 0 Å². The maximum absolute atomic E-state index is 11.1. The van der Waals surface area contributed by atoms with Gasteiger partial charge in [-0.05, 0) is 13.3 Å². The zero-order chi connectivity index (χ0) is 11.3. The third-order valence-corrected chi connectivity index (χ3v) is 1.74. The first kappa shape index (κ1) is 12.3. The second-order valence-corrected chi connectivity index (χ2v) is 2.79. The van der Waals surface area contributed by atoms with Gasteiger partial charge in [0.05, 0.1) is 0 Å². The maximum atomic E-state index is 11.1. The lowest BCUT2D eigenvalue weighted by molar-refractivity contribution is -0.147. The first-order valence-corrected chi connectivity index (χ1v) is 4.12. The molecule has 14 heavy (non-hydrogen) atoms. The molecule has 0 saturated heterocycles. The molecule has 78 valence electrons. The van der Waals surface area contributed by atoms with Crippen LogP contribution in [-0.2, 0) is 14.4 Å². The highest BCUT2D eigenvalue weighted by Gasteiger charge is 2.21. The molecule has 2 N–H and O–H groups in total. The first-order valence-electron chi connectivity index (χ1n) is 4.12. The number of hydrogen-bond donors (Lipinski definition) is 2. The lowest BCUT2D eigenvalue weighted by Gasteiger charge is -2.04. The van der Waals surface area contributed by atoms with E-state index in [0.717, 1.165) is 0 Å². The summed E-state index contributed by atoms with van der Waals surface area (Å²) in [4.78, 5) is 32.0. The van der Waals surface area contributed by atoms with Gasteiger partial charge in [0, 0.05) is 11.1 Å². The van der Waals surface area contributed by atoms with E-state index in [9.17, 15) is 14.4 Å². The van der Waals surface area contributed by atoms with Gasteiger partial charge in [-0.2, -0.15) is 0 Å². The fourth-order valence-electron chi connectivity index (χ4n) is 0.979. The van der Waals surface area contributed by atoms with Gasteiger partial charge in [0.15, 0.2) is 0 Å². The molecule has 5 nitrogen and oxygen atoms in total. The number of ketones is 1. The molecule has 0 aliphatic heterocycles. The second kappa shape index (κ2) is 5.16. The molecule has 0 saturated carbocycles. The molecule has 0 aliphatic rings. The monoisotopic (exact) mass is 200 g/mol. The van der Waals surface area contributed by atoms with Crippen LogP contribution < -0.4 is 0 Å². The molecule has 0 aromatic heterocycles. The second-order valence-electron chi connectivity index (χ2n) is 2.79. The summed E-state index contributed by atoms with van der Waals surface area (Å²) in [6.07, 6.45) is 0.697. The SMILES string of the molecule is CCCC(C(=O)C(=O)O)=C(C)C(=O)O. The van der Waals surface area contributed by atoms with Crippen molar-refractivity contribution < 1.29 is 24.6 Å². The van der Waals surface area contributed by atoms with Gasteiger partial charge >= 0.3 is 11.9 Å². The molecule has 0 rings (SSSR count). The lowest BCUT2D eigenvalue weighted by atomic mass is 10.0. The van der Waals surface area contributed by atoms with Crippen LogP contribution in [0.3, 0.4) is 0 Å². The van der Waals surface area contributed by atoms with E-state index in [1.54, 1.807) is 6.92 Å². The van der Waals surface area contributed by atoms with Crippen molar-refractivity contribution in [2.75, 3.05) is 0 Å². The van der Waals surface area contributed by atoms with Crippen LogP contribution in [0.15, 0.2) is 11.1 Å². The normalized spacial score (nSPS) is 11.9. The van der Waals surface area contributed by atoms with Crippen molar-refractivity contribution in [3.8, 4) is 0 Å². The molecule has 0 aromatic carbocycles. The van der Waals surface area contributed by atoms with Crippen LogP contribution >= 0.6 is 0 Å². The van der Waals surface area contributed by atoms with Gasteiger partial charge < -0.3 is 10.2 Å². The Morgan fingerprint density at radius 3 is 1.86 bits per heavy atom. The molecule has 0 bridgehead atoms. The summed E-state index contributed by atoms with van der Waals surface area (Å²) >= 11 is 0. The average Bonchev–Trinajstić information content (AvgIpc) is 2.11. The largest absolute Gasteiger partial charge is 0.478 e. The minimum atomic E-state index is -1.62. The lowest BCUT2D eigenvalue weighted by Crippen LogP contribution is -2.18. The summed E-state index contributed by atoms with van der Waals surface area (Å²) in [5.41, 5.74) is -0.327. The summed E-state index contributed by atoms with van der Waals surface area (Å²) in [6, 6.07) is 0. The Kier molecular flexibility index (Phi) is 4.55. The number of carboxylic acid groups (broad SMARTS) is 2. The molecular formula is C9H12O5. The number of carbonyl (C=O) groups is 3. The van der Waals surface area contributed by atoms with E-state index in [0.29, 0.717) is 6.42 Å². The van der Waals surface area contributed by atoms with E-state index in [1.165, 1.54) is 6.92 Å². The Balaban J connectivity index is 5.13. The topological polar surface area (TPSA) is 91.7 Å². The third-order valence-electron chi connectivity index (χ3n) is 1.74. The summed E-state index contributed by atoms with van der Waals surface area (Å²) in [7, 11) is 0. The molecule has 0 unspecified atom stereocenters. The van der Waals surface area contributed by atoms with Crippen LogP contribution in [-0.4, -0.2) is 27.9 Å². The van der Waals surface area contributed by atoms with E-state index in [2.05, 4.69) is 0 Å². The highest BCUT2D eigenvalue weighted by molar-refractivity contribution is 6.40. The van der Waals surface area contributed by atoms with Crippen LogP contribution in [0.5, 0.6) is 0 Å². The molecule has 0 heterocycles. The van der Waals surface area contributed by atoms with Gasteiger partial charge in [-0.25, -0.2) is 9.59 Å². The predicted octanol–water partition coefficient (Wildman–Crippen LogP) is 0.841. The summed E-state index contributed by atoms with van der Waals surface area (Å²) in [6.45, 7) is 2.97. The van der Waals surface area contributed by atoms with E-state index in [4.69, 9.17) is 10.2 Å². The fraction of sp³-hybridized carbons (Fsp3) is 0.444. The van der Waals surface area contributed by atoms with E-state index < -0.39 is 17.7 Å². The number of carbonyl (C=O) groups excluding carboxylic acids is 1. The smallest absolute Gasteiger partial charge is 0.376 e. The van der Waals surface area contributed by atoms with Crippen molar-refractivity contribution in [2.45, 2.75) is 26.7 Å². The van der Waals surface area contributed by atoms with Crippen LogP contribution in [0.4, 0.5) is 0 Å². The van der Waals surface area contributed by atoms with Crippen LogP contribution in [0.1, 0.15) is 26.7 Å². The van der Waals surface area contributed by atoms with Crippen molar-refractivity contribution >= 4 is 17.7 Å². The highest BCUT2D eigenvalue weighted by Crippen LogP contribution is 2.12. The zero-order valence-electron chi connectivity index (χ0n) is 8.03. The van der Waals surface area contributed by atoms with Crippen LogP contribution in [0.2, 0.25) is 0 Å².